The Morgan fingerprint density at radius 3 is 2.00 bits per heavy atom. The highest BCUT2D eigenvalue weighted by Gasteiger charge is 2.31. The third kappa shape index (κ3) is 5.07. The van der Waals surface area contributed by atoms with E-state index in [1.54, 1.807) is 0 Å². The van der Waals surface area contributed by atoms with Crippen LogP contribution in [0.1, 0.15) is 84.0 Å². The molecule has 2 aliphatic rings. The molecule has 0 amide bonds. The van der Waals surface area contributed by atoms with Crippen molar-refractivity contribution >= 4 is 0 Å². The molecule has 0 nitrogen and oxygen atoms in total. The van der Waals surface area contributed by atoms with Crippen molar-refractivity contribution in [1.82, 2.24) is 0 Å². The van der Waals surface area contributed by atoms with Gasteiger partial charge >= 0.3 is 0 Å². The fourth-order valence-corrected chi connectivity index (χ4v) is 4.59. The molecule has 0 aliphatic heterocycles. The van der Waals surface area contributed by atoms with Crippen molar-refractivity contribution in [2.75, 3.05) is 0 Å². The van der Waals surface area contributed by atoms with Crippen LogP contribution in [-0.4, -0.2) is 0 Å². The zero-order chi connectivity index (χ0) is 15.1. The summed E-state index contributed by atoms with van der Waals surface area (Å²) in [5.74, 6) is 1.97. The first kappa shape index (κ1) is 17.0. The number of halogens is 2. The van der Waals surface area contributed by atoms with E-state index in [-0.39, 0.29) is 12.2 Å². The van der Waals surface area contributed by atoms with Crippen molar-refractivity contribution in [3.63, 3.8) is 0 Å². The number of unbranched alkanes of at least 4 members (excludes halogenated alkanes) is 2. The molecule has 21 heavy (non-hydrogen) atoms. The highest BCUT2D eigenvalue weighted by atomic mass is 19.2. The van der Waals surface area contributed by atoms with Crippen LogP contribution in [0.2, 0.25) is 0 Å². The van der Waals surface area contributed by atoms with Crippen LogP contribution in [0.3, 0.4) is 0 Å². The molecule has 0 spiro atoms. The fraction of sp³-hybridized carbons (Fsp3) is 0.895. The van der Waals surface area contributed by atoms with Crippen LogP contribution in [-0.2, 0) is 0 Å². The summed E-state index contributed by atoms with van der Waals surface area (Å²) in [4.78, 5) is 0. The van der Waals surface area contributed by atoms with Gasteiger partial charge in [0.25, 0.3) is 0 Å². The molecule has 0 N–H and O–H groups in total. The molecule has 2 aliphatic carbocycles. The minimum Gasteiger partial charge on any atom is -0.213 e. The van der Waals surface area contributed by atoms with Gasteiger partial charge in [0.05, 0.1) is 0 Å². The molecule has 0 bridgehead atoms. The largest absolute Gasteiger partial charge is 0.213 e. The van der Waals surface area contributed by atoms with Crippen molar-refractivity contribution < 1.29 is 8.78 Å². The van der Waals surface area contributed by atoms with Crippen LogP contribution in [0.15, 0.2) is 12.2 Å². The van der Waals surface area contributed by atoms with Gasteiger partial charge in [0, 0.05) is 5.92 Å². The monoisotopic (exact) mass is 298 g/mol. The molecule has 122 valence electrons. The van der Waals surface area contributed by atoms with Crippen molar-refractivity contribution in [3.8, 4) is 0 Å². The maximum atomic E-state index is 13.3. The van der Waals surface area contributed by atoms with E-state index in [0.717, 1.165) is 43.4 Å². The normalized spacial score (nSPS) is 34.9. The van der Waals surface area contributed by atoms with Gasteiger partial charge in [-0.1, -0.05) is 45.4 Å². The summed E-state index contributed by atoms with van der Waals surface area (Å²) in [6.45, 7) is 2.27. The lowest BCUT2D eigenvalue weighted by Crippen LogP contribution is -2.26. The highest BCUT2D eigenvalue weighted by Crippen LogP contribution is 2.43. The number of hydrogen-bond acceptors (Lipinski definition) is 0. The van der Waals surface area contributed by atoms with Crippen molar-refractivity contribution in [2.24, 2.45) is 23.7 Å². The Bertz CT molecular complexity index is 308. The Hall–Kier alpha value is -0.400. The highest BCUT2D eigenvalue weighted by molar-refractivity contribution is 4.96. The molecule has 0 saturated heterocycles. The first-order valence-electron chi connectivity index (χ1n) is 9.20. The molecule has 0 aromatic rings. The van der Waals surface area contributed by atoms with Crippen LogP contribution >= 0.6 is 0 Å². The van der Waals surface area contributed by atoms with E-state index in [4.69, 9.17) is 0 Å². The second kappa shape index (κ2) is 8.90. The molecule has 2 heteroatoms. The van der Waals surface area contributed by atoms with E-state index < -0.39 is 5.83 Å². The van der Waals surface area contributed by atoms with Gasteiger partial charge in [-0.2, -0.15) is 0 Å². The number of allylic oxidation sites excluding steroid dienone is 1. The van der Waals surface area contributed by atoms with Gasteiger partial charge in [-0.25, -0.2) is 8.78 Å². The molecule has 2 rings (SSSR count). The molecule has 0 heterocycles. The van der Waals surface area contributed by atoms with Gasteiger partial charge in [0.2, 0.25) is 0 Å². The topological polar surface area (TPSA) is 0 Å². The van der Waals surface area contributed by atoms with Gasteiger partial charge in [0.1, 0.15) is 12.2 Å². The molecule has 0 atom stereocenters. The Balaban J connectivity index is 1.67. The summed E-state index contributed by atoms with van der Waals surface area (Å²) in [7, 11) is 0. The average Bonchev–Trinajstić information content (AvgIpc) is 2.55. The second-order valence-corrected chi connectivity index (χ2v) is 7.38. The first-order chi connectivity index (χ1) is 10.2. The van der Waals surface area contributed by atoms with Crippen LogP contribution in [0.25, 0.3) is 0 Å². The summed E-state index contributed by atoms with van der Waals surface area (Å²) in [6.07, 6.45) is 15.2. The Kier molecular flexibility index (Phi) is 7.19. The molecule has 0 aromatic heterocycles. The summed E-state index contributed by atoms with van der Waals surface area (Å²) >= 11 is 0. The minimum atomic E-state index is -0.520. The fourth-order valence-electron chi connectivity index (χ4n) is 4.59. The predicted molar refractivity (Wildman–Crippen MR) is 85.3 cm³/mol. The third-order valence-electron chi connectivity index (χ3n) is 6.04. The average molecular weight is 298 g/mol. The zero-order valence-corrected chi connectivity index (χ0v) is 13.6. The summed E-state index contributed by atoms with van der Waals surface area (Å²) in [5, 5.41) is 0. The second-order valence-electron chi connectivity index (χ2n) is 7.38. The maximum Gasteiger partial charge on any atom is 0.131 e. The van der Waals surface area contributed by atoms with Crippen molar-refractivity contribution in [3.05, 3.63) is 12.2 Å². The van der Waals surface area contributed by atoms with Crippen LogP contribution in [0.4, 0.5) is 8.78 Å². The molecule has 2 saturated carbocycles. The van der Waals surface area contributed by atoms with Crippen LogP contribution in [0.5, 0.6) is 0 Å². The number of rotatable bonds is 6. The lowest BCUT2D eigenvalue weighted by molar-refractivity contribution is 0.144. The Morgan fingerprint density at radius 2 is 1.48 bits per heavy atom. The quantitative estimate of drug-likeness (QED) is 0.465. The summed E-state index contributed by atoms with van der Waals surface area (Å²) < 4.78 is 25.5. The smallest absolute Gasteiger partial charge is 0.131 e. The molecule has 2 fully saturated rings. The van der Waals surface area contributed by atoms with E-state index >= 15 is 0 Å². The van der Waals surface area contributed by atoms with Crippen molar-refractivity contribution in [1.29, 1.82) is 0 Å². The predicted octanol–water partition coefficient (Wildman–Crippen LogP) is 6.96. The molecule has 0 radical (unpaired) electrons. The van der Waals surface area contributed by atoms with E-state index in [0.29, 0.717) is 0 Å². The Labute approximate surface area is 129 Å². The lowest BCUT2D eigenvalue weighted by Gasteiger charge is -2.37. The first-order valence-corrected chi connectivity index (χ1v) is 9.20. The number of hydrogen-bond donors (Lipinski definition) is 0. The van der Waals surface area contributed by atoms with Gasteiger partial charge < -0.3 is 0 Å². The van der Waals surface area contributed by atoms with E-state index in [2.05, 4.69) is 6.92 Å². The SMILES string of the molecule is CCCCCC1CCC(C2CCC(/C(F)=C/F)CC2)CC1. The molecule has 0 aromatic carbocycles. The molecular formula is C19H32F2. The summed E-state index contributed by atoms with van der Waals surface area (Å²) in [6, 6.07) is 0. The van der Waals surface area contributed by atoms with Crippen LogP contribution < -0.4 is 0 Å². The van der Waals surface area contributed by atoms with Gasteiger partial charge in [0.15, 0.2) is 0 Å². The van der Waals surface area contributed by atoms with E-state index in [9.17, 15) is 8.78 Å². The van der Waals surface area contributed by atoms with Gasteiger partial charge in [-0.05, 0) is 56.3 Å². The standard InChI is InChI=1S/C19H32F2/c1-2-3-4-5-15-6-8-16(9-7-15)17-10-12-18(13-11-17)19(21)14-20/h14-18H,2-13H2,1H3/b19-14-. The van der Waals surface area contributed by atoms with Crippen LogP contribution in [0, 0.1) is 23.7 Å². The lowest BCUT2D eigenvalue weighted by atomic mass is 9.68. The van der Waals surface area contributed by atoms with Gasteiger partial charge in [-0.15, -0.1) is 0 Å². The maximum absolute atomic E-state index is 13.3. The molecular weight excluding hydrogens is 266 g/mol. The molecule has 0 unspecified atom stereocenters. The van der Waals surface area contributed by atoms with E-state index in [1.807, 2.05) is 0 Å². The van der Waals surface area contributed by atoms with Gasteiger partial charge in [-0.3, -0.25) is 0 Å². The van der Waals surface area contributed by atoms with E-state index in [1.165, 1.54) is 51.4 Å². The zero-order valence-electron chi connectivity index (χ0n) is 13.6. The van der Waals surface area contributed by atoms with Crippen molar-refractivity contribution in [2.45, 2.75) is 84.0 Å². The minimum absolute atomic E-state index is 0.128. The Morgan fingerprint density at radius 1 is 0.905 bits per heavy atom. The summed E-state index contributed by atoms with van der Waals surface area (Å²) in [5.41, 5.74) is 0. The third-order valence-corrected chi connectivity index (χ3v) is 6.04.